The highest BCUT2D eigenvalue weighted by Gasteiger charge is 2.19. The van der Waals surface area contributed by atoms with Gasteiger partial charge in [0.05, 0.1) is 17.4 Å². The van der Waals surface area contributed by atoms with Gasteiger partial charge in [-0.2, -0.15) is 13.5 Å². The molecule has 0 aliphatic rings. The first kappa shape index (κ1) is 23.0. The highest BCUT2D eigenvalue weighted by molar-refractivity contribution is 7.59. The second-order valence-electron chi connectivity index (χ2n) is 7.12. The maximum Gasteiger partial charge on any atom is 0.339 e. The molecular formula is C22H21FN6O2S. The number of aromatic carboxylic acids is 1. The summed E-state index contributed by atoms with van der Waals surface area (Å²) in [5.74, 6) is -0.912. The monoisotopic (exact) mass is 452 g/mol. The van der Waals surface area contributed by atoms with Crippen LogP contribution in [0, 0.1) is 12.7 Å². The average Bonchev–Trinajstić information content (AvgIpc) is 2.77. The zero-order valence-corrected chi connectivity index (χ0v) is 18.4. The number of benzene rings is 1. The molecule has 10 heteroatoms. The third-order valence-electron chi connectivity index (χ3n) is 4.96. The standard InChI is InChI=1S/C22H19FN6O2.H2S/c1-12(15-4-3-5-16-20(22(30)31)17(23)10-27-21(15)16)7-26-19-6-18(28-11-29-19)14-8-24-13(2)25-9-14;/h3-6,8-12H,7H2,1-2H3,(H,30,31)(H,26,28,29);1H2/t12-;/m1./s1. The van der Waals surface area contributed by atoms with Crippen molar-refractivity contribution in [3.8, 4) is 11.3 Å². The number of anilines is 1. The van der Waals surface area contributed by atoms with Crippen molar-refractivity contribution in [2.24, 2.45) is 0 Å². The molecule has 1 aromatic carbocycles. The van der Waals surface area contributed by atoms with Crippen LogP contribution >= 0.6 is 13.5 Å². The number of carboxylic acids is 1. The fourth-order valence-corrected chi connectivity index (χ4v) is 3.34. The zero-order valence-electron chi connectivity index (χ0n) is 17.4. The predicted octanol–water partition coefficient (Wildman–Crippen LogP) is 3.96. The molecule has 0 aliphatic heterocycles. The summed E-state index contributed by atoms with van der Waals surface area (Å²) in [5, 5.41) is 12.9. The first-order valence-electron chi connectivity index (χ1n) is 9.59. The number of nitrogens with one attached hydrogen (secondary N) is 1. The predicted molar refractivity (Wildman–Crippen MR) is 124 cm³/mol. The Morgan fingerprint density at radius 1 is 1.12 bits per heavy atom. The zero-order chi connectivity index (χ0) is 22.0. The Morgan fingerprint density at radius 2 is 1.88 bits per heavy atom. The molecule has 0 saturated carbocycles. The van der Waals surface area contributed by atoms with E-state index in [4.69, 9.17) is 0 Å². The van der Waals surface area contributed by atoms with Crippen LogP contribution in [0.15, 0.2) is 49.2 Å². The molecule has 164 valence electrons. The fraction of sp³-hybridized carbons (Fsp3) is 0.182. The molecule has 0 amide bonds. The number of carbonyl (C=O) groups is 1. The van der Waals surface area contributed by atoms with Crippen LogP contribution in [0.2, 0.25) is 0 Å². The van der Waals surface area contributed by atoms with Gasteiger partial charge in [-0.05, 0) is 12.5 Å². The van der Waals surface area contributed by atoms with Gasteiger partial charge in [-0.15, -0.1) is 0 Å². The van der Waals surface area contributed by atoms with E-state index in [-0.39, 0.29) is 30.4 Å². The summed E-state index contributed by atoms with van der Waals surface area (Å²) >= 11 is 0. The van der Waals surface area contributed by atoms with E-state index < -0.39 is 11.8 Å². The molecule has 0 aliphatic carbocycles. The summed E-state index contributed by atoms with van der Waals surface area (Å²) < 4.78 is 14.0. The smallest absolute Gasteiger partial charge is 0.339 e. The lowest BCUT2D eigenvalue weighted by molar-refractivity contribution is 0.0694. The quantitative estimate of drug-likeness (QED) is 0.452. The minimum atomic E-state index is -1.32. The van der Waals surface area contributed by atoms with Crippen LogP contribution in [0.25, 0.3) is 22.2 Å². The van der Waals surface area contributed by atoms with E-state index in [1.54, 1.807) is 30.6 Å². The number of nitrogens with zero attached hydrogens (tertiary/aromatic N) is 5. The highest BCUT2D eigenvalue weighted by Crippen LogP contribution is 2.28. The molecule has 0 spiro atoms. The molecule has 0 saturated heterocycles. The largest absolute Gasteiger partial charge is 0.478 e. The summed E-state index contributed by atoms with van der Waals surface area (Å²) in [7, 11) is 0. The maximum absolute atomic E-state index is 14.0. The number of carboxylic acid groups (broad SMARTS) is 1. The van der Waals surface area contributed by atoms with Gasteiger partial charge in [-0.1, -0.05) is 25.1 Å². The number of aromatic nitrogens is 5. The van der Waals surface area contributed by atoms with Crippen LogP contribution < -0.4 is 5.32 Å². The summed E-state index contributed by atoms with van der Waals surface area (Å²) in [5.41, 5.74) is 2.39. The van der Waals surface area contributed by atoms with Crippen molar-refractivity contribution in [3.05, 3.63) is 72.0 Å². The summed E-state index contributed by atoms with van der Waals surface area (Å²) in [4.78, 5) is 32.5. The Hall–Kier alpha value is -3.66. The number of fused-ring (bicyclic) bond motifs is 1. The number of para-hydroxylation sites is 1. The molecule has 0 bridgehead atoms. The lowest BCUT2D eigenvalue weighted by Crippen LogP contribution is -2.12. The van der Waals surface area contributed by atoms with Crippen molar-refractivity contribution in [1.29, 1.82) is 0 Å². The lowest BCUT2D eigenvalue weighted by atomic mass is 9.96. The lowest BCUT2D eigenvalue weighted by Gasteiger charge is -2.16. The molecule has 4 rings (SSSR count). The molecule has 0 fully saturated rings. The first-order chi connectivity index (χ1) is 14.9. The first-order valence-corrected chi connectivity index (χ1v) is 9.59. The third-order valence-corrected chi connectivity index (χ3v) is 4.96. The van der Waals surface area contributed by atoms with E-state index in [0.29, 0.717) is 29.4 Å². The minimum Gasteiger partial charge on any atom is -0.478 e. The normalized spacial score (nSPS) is 11.6. The summed E-state index contributed by atoms with van der Waals surface area (Å²) in [6, 6.07) is 6.95. The molecule has 32 heavy (non-hydrogen) atoms. The van der Waals surface area contributed by atoms with Gasteiger partial charge in [0.25, 0.3) is 0 Å². The van der Waals surface area contributed by atoms with Crippen LogP contribution in [0.1, 0.15) is 34.6 Å². The van der Waals surface area contributed by atoms with E-state index in [1.807, 2.05) is 19.9 Å². The van der Waals surface area contributed by atoms with Gasteiger partial charge in [-0.3, -0.25) is 4.98 Å². The molecular weight excluding hydrogens is 431 g/mol. The maximum atomic E-state index is 14.0. The van der Waals surface area contributed by atoms with Gasteiger partial charge in [0.1, 0.15) is 23.5 Å². The Kier molecular flexibility index (Phi) is 6.94. The average molecular weight is 453 g/mol. The number of hydrogen-bond acceptors (Lipinski definition) is 7. The molecule has 4 aromatic rings. The number of hydrogen-bond donors (Lipinski definition) is 2. The van der Waals surface area contributed by atoms with Crippen molar-refractivity contribution >= 4 is 36.2 Å². The topological polar surface area (TPSA) is 114 Å². The van der Waals surface area contributed by atoms with Crippen LogP contribution in [-0.2, 0) is 0 Å². The Labute approximate surface area is 190 Å². The Morgan fingerprint density at radius 3 is 2.59 bits per heavy atom. The minimum absolute atomic E-state index is 0. The summed E-state index contributed by atoms with van der Waals surface area (Å²) in [6.45, 7) is 4.29. The van der Waals surface area contributed by atoms with Crippen molar-refractivity contribution in [2.75, 3.05) is 11.9 Å². The third kappa shape index (κ3) is 4.65. The van der Waals surface area contributed by atoms with Gasteiger partial charge in [-0.25, -0.2) is 29.1 Å². The fourth-order valence-electron chi connectivity index (χ4n) is 3.34. The van der Waals surface area contributed by atoms with Gasteiger partial charge < -0.3 is 10.4 Å². The highest BCUT2D eigenvalue weighted by atomic mass is 32.1. The second kappa shape index (κ2) is 9.65. The van der Waals surface area contributed by atoms with Crippen LogP contribution in [-0.4, -0.2) is 42.5 Å². The second-order valence-corrected chi connectivity index (χ2v) is 7.12. The van der Waals surface area contributed by atoms with E-state index in [1.165, 1.54) is 6.33 Å². The molecule has 8 nitrogen and oxygen atoms in total. The summed E-state index contributed by atoms with van der Waals surface area (Å²) in [6.07, 6.45) is 5.83. The molecule has 1 atom stereocenters. The van der Waals surface area contributed by atoms with Gasteiger partial charge in [0.2, 0.25) is 0 Å². The van der Waals surface area contributed by atoms with E-state index in [0.717, 1.165) is 17.3 Å². The molecule has 0 unspecified atom stereocenters. The molecule has 0 radical (unpaired) electrons. The number of pyridine rings is 1. The Balaban J connectivity index is 0.00000289. The Bertz CT molecular complexity index is 1270. The van der Waals surface area contributed by atoms with Crippen LogP contribution in [0.3, 0.4) is 0 Å². The van der Waals surface area contributed by atoms with E-state index in [2.05, 4.69) is 30.2 Å². The molecule has 3 aromatic heterocycles. The number of rotatable bonds is 6. The van der Waals surface area contributed by atoms with E-state index in [9.17, 15) is 14.3 Å². The van der Waals surface area contributed by atoms with Crippen molar-refractivity contribution < 1.29 is 14.3 Å². The van der Waals surface area contributed by atoms with Gasteiger partial charge >= 0.3 is 5.97 Å². The van der Waals surface area contributed by atoms with Crippen molar-refractivity contribution in [1.82, 2.24) is 24.9 Å². The van der Waals surface area contributed by atoms with Crippen molar-refractivity contribution in [3.63, 3.8) is 0 Å². The molecule has 3 heterocycles. The van der Waals surface area contributed by atoms with Crippen LogP contribution in [0.5, 0.6) is 0 Å². The van der Waals surface area contributed by atoms with Crippen molar-refractivity contribution in [2.45, 2.75) is 19.8 Å². The van der Waals surface area contributed by atoms with Gasteiger partial charge in [0, 0.05) is 41.9 Å². The van der Waals surface area contributed by atoms with E-state index >= 15 is 0 Å². The number of aryl methyl sites for hydroxylation is 1. The molecule has 2 N–H and O–H groups in total. The number of halogens is 1. The van der Waals surface area contributed by atoms with Gasteiger partial charge in [0.15, 0.2) is 5.82 Å². The van der Waals surface area contributed by atoms with Crippen LogP contribution in [0.4, 0.5) is 10.2 Å². The SMILES string of the molecule is Cc1ncc(-c2cc(NC[C@@H](C)c3cccc4c(C(=O)O)c(F)cnc34)ncn2)cn1.S.